The van der Waals surface area contributed by atoms with Crippen LogP contribution in [0.15, 0.2) is 18.2 Å². The van der Waals surface area contributed by atoms with Crippen LogP contribution >= 0.6 is 27.5 Å². The fourth-order valence-electron chi connectivity index (χ4n) is 1.64. The van der Waals surface area contributed by atoms with Gasteiger partial charge in [0.15, 0.2) is 0 Å². The summed E-state index contributed by atoms with van der Waals surface area (Å²) in [4.78, 5) is 0. The molecule has 0 aromatic heterocycles. The molecule has 1 N–H and O–H groups in total. The van der Waals surface area contributed by atoms with Gasteiger partial charge in [-0.3, -0.25) is 0 Å². The predicted octanol–water partition coefficient (Wildman–Crippen LogP) is 3.46. The third-order valence-corrected chi connectivity index (χ3v) is 3.40. The quantitative estimate of drug-likeness (QED) is 0.763. The van der Waals surface area contributed by atoms with Crippen molar-refractivity contribution in [1.29, 1.82) is 0 Å². The number of halogens is 2. The Kier molecular flexibility index (Phi) is 2.80. The minimum Gasteiger partial charge on any atom is -0.381 e. The lowest BCUT2D eigenvalue weighted by molar-refractivity contribution is 0.692. The van der Waals surface area contributed by atoms with E-state index < -0.39 is 0 Å². The fourth-order valence-corrected chi connectivity index (χ4v) is 2.30. The number of rotatable bonds is 1. The van der Waals surface area contributed by atoms with Crippen LogP contribution in [0.5, 0.6) is 0 Å². The van der Waals surface area contributed by atoms with Gasteiger partial charge in [-0.2, -0.15) is 0 Å². The van der Waals surface area contributed by atoms with Crippen LogP contribution in [-0.4, -0.2) is 11.4 Å². The minimum atomic E-state index is 0.547. The van der Waals surface area contributed by atoms with Gasteiger partial charge in [0.2, 0.25) is 0 Å². The molecule has 1 aliphatic heterocycles. The van der Waals surface area contributed by atoms with Gasteiger partial charge >= 0.3 is 0 Å². The third-order valence-electron chi connectivity index (χ3n) is 2.38. The molecule has 0 aliphatic carbocycles. The van der Waals surface area contributed by atoms with E-state index >= 15 is 0 Å². The molecule has 1 aromatic rings. The van der Waals surface area contributed by atoms with E-state index in [0.717, 1.165) is 16.8 Å². The van der Waals surface area contributed by atoms with E-state index in [-0.39, 0.29) is 0 Å². The molecular weight excluding hydrogens is 249 g/mol. The Hall–Kier alpha value is -0.210. The molecule has 2 rings (SSSR count). The average molecular weight is 261 g/mol. The van der Waals surface area contributed by atoms with Crippen LogP contribution < -0.4 is 5.32 Å². The third kappa shape index (κ3) is 2.00. The minimum absolute atomic E-state index is 0.547. The highest BCUT2D eigenvalue weighted by atomic mass is 79.9. The van der Waals surface area contributed by atoms with Gasteiger partial charge in [-0.25, -0.2) is 0 Å². The Morgan fingerprint density at radius 3 is 3.15 bits per heavy atom. The molecular formula is C10H11BrClN. The molecule has 1 aromatic carbocycles. The number of aryl methyl sites for hydroxylation is 1. The molecule has 0 saturated carbocycles. The largest absolute Gasteiger partial charge is 0.381 e. The molecule has 1 aliphatic rings. The summed E-state index contributed by atoms with van der Waals surface area (Å²) >= 11 is 9.40. The maximum atomic E-state index is 5.92. The zero-order valence-electron chi connectivity index (χ0n) is 7.19. The molecule has 3 heteroatoms. The van der Waals surface area contributed by atoms with Gasteiger partial charge in [0.05, 0.1) is 0 Å². The fraction of sp³-hybridized carbons (Fsp3) is 0.400. The normalized spacial score (nSPS) is 20.6. The van der Waals surface area contributed by atoms with Crippen molar-refractivity contribution in [1.82, 2.24) is 0 Å². The van der Waals surface area contributed by atoms with Gasteiger partial charge in [-0.1, -0.05) is 33.6 Å². The number of fused-ring (bicyclic) bond motifs is 1. The van der Waals surface area contributed by atoms with E-state index in [0.29, 0.717) is 6.04 Å². The first kappa shape index (κ1) is 9.35. The molecule has 0 saturated heterocycles. The average Bonchev–Trinajstić information content (AvgIpc) is 2.16. The Morgan fingerprint density at radius 1 is 1.54 bits per heavy atom. The van der Waals surface area contributed by atoms with E-state index in [2.05, 4.69) is 27.3 Å². The summed E-state index contributed by atoms with van der Waals surface area (Å²) in [5, 5.41) is 5.26. The number of hydrogen-bond acceptors (Lipinski definition) is 1. The van der Waals surface area contributed by atoms with Crippen LogP contribution in [0.1, 0.15) is 12.0 Å². The van der Waals surface area contributed by atoms with Gasteiger partial charge in [0.25, 0.3) is 0 Å². The molecule has 0 amide bonds. The van der Waals surface area contributed by atoms with Gasteiger partial charge in [-0.05, 0) is 30.5 Å². The molecule has 0 spiro atoms. The lowest BCUT2D eigenvalue weighted by Crippen LogP contribution is -2.26. The highest BCUT2D eigenvalue weighted by Gasteiger charge is 2.16. The second-order valence-electron chi connectivity index (χ2n) is 3.34. The monoisotopic (exact) mass is 259 g/mol. The van der Waals surface area contributed by atoms with E-state index in [1.807, 2.05) is 12.1 Å². The zero-order valence-corrected chi connectivity index (χ0v) is 9.53. The summed E-state index contributed by atoms with van der Waals surface area (Å²) in [7, 11) is 0. The Labute approximate surface area is 91.6 Å². The summed E-state index contributed by atoms with van der Waals surface area (Å²) < 4.78 is 0. The first-order valence-corrected chi connectivity index (χ1v) is 5.90. The molecule has 1 nitrogen and oxygen atoms in total. The Morgan fingerprint density at radius 2 is 2.38 bits per heavy atom. The van der Waals surface area contributed by atoms with Gasteiger partial charge in [0, 0.05) is 22.1 Å². The highest BCUT2D eigenvalue weighted by molar-refractivity contribution is 9.09. The van der Waals surface area contributed by atoms with Crippen LogP contribution in [0.4, 0.5) is 5.69 Å². The molecule has 70 valence electrons. The topological polar surface area (TPSA) is 12.0 Å². The van der Waals surface area contributed by atoms with Crippen LogP contribution in [0.25, 0.3) is 0 Å². The van der Waals surface area contributed by atoms with E-state index in [1.54, 1.807) is 0 Å². The highest BCUT2D eigenvalue weighted by Crippen LogP contribution is 2.28. The van der Waals surface area contributed by atoms with Crippen molar-refractivity contribution in [3.63, 3.8) is 0 Å². The number of anilines is 1. The summed E-state index contributed by atoms with van der Waals surface area (Å²) in [5.41, 5.74) is 2.57. The second kappa shape index (κ2) is 3.89. The second-order valence-corrected chi connectivity index (χ2v) is 4.42. The first-order valence-electron chi connectivity index (χ1n) is 4.40. The first-order chi connectivity index (χ1) is 6.29. The number of nitrogens with one attached hydrogen (secondary N) is 1. The lowest BCUT2D eigenvalue weighted by Gasteiger charge is -2.25. The summed E-state index contributed by atoms with van der Waals surface area (Å²) in [6.45, 7) is 0. The molecule has 1 heterocycles. The maximum Gasteiger partial charge on any atom is 0.0426 e. The summed E-state index contributed by atoms with van der Waals surface area (Å²) in [6, 6.07) is 6.61. The molecule has 0 bridgehead atoms. The van der Waals surface area contributed by atoms with Gasteiger partial charge < -0.3 is 5.32 Å². The van der Waals surface area contributed by atoms with Crippen LogP contribution in [0.2, 0.25) is 5.02 Å². The van der Waals surface area contributed by atoms with Gasteiger partial charge in [-0.15, -0.1) is 0 Å². The predicted molar refractivity (Wildman–Crippen MR) is 61.0 cm³/mol. The summed E-state index contributed by atoms with van der Waals surface area (Å²) in [6.07, 6.45) is 2.34. The molecule has 0 fully saturated rings. The van der Waals surface area contributed by atoms with E-state index in [1.165, 1.54) is 17.7 Å². The molecule has 1 atom stereocenters. The Balaban J connectivity index is 2.27. The van der Waals surface area contributed by atoms with Crippen LogP contribution in [0, 0.1) is 0 Å². The number of benzene rings is 1. The van der Waals surface area contributed by atoms with Crippen molar-refractivity contribution >= 4 is 33.2 Å². The zero-order chi connectivity index (χ0) is 9.26. The van der Waals surface area contributed by atoms with Crippen LogP contribution in [0.3, 0.4) is 0 Å². The van der Waals surface area contributed by atoms with E-state index in [9.17, 15) is 0 Å². The van der Waals surface area contributed by atoms with Crippen LogP contribution in [-0.2, 0) is 6.42 Å². The van der Waals surface area contributed by atoms with Crippen molar-refractivity contribution < 1.29 is 0 Å². The number of alkyl halides is 1. The molecule has 1 unspecified atom stereocenters. The van der Waals surface area contributed by atoms with Crippen molar-refractivity contribution in [2.45, 2.75) is 18.9 Å². The van der Waals surface area contributed by atoms with E-state index in [4.69, 9.17) is 11.6 Å². The number of hydrogen-bond donors (Lipinski definition) is 1. The van der Waals surface area contributed by atoms with Crippen molar-refractivity contribution in [3.8, 4) is 0 Å². The maximum absolute atomic E-state index is 5.92. The standard InChI is InChI=1S/C10H11BrClN/c11-6-9-4-2-7-1-3-8(12)5-10(7)13-9/h1,3,5,9,13H,2,4,6H2. The molecule has 13 heavy (non-hydrogen) atoms. The van der Waals surface area contributed by atoms with Crippen molar-refractivity contribution in [3.05, 3.63) is 28.8 Å². The van der Waals surface area contributed by atoms with Crippen molar-refractivity contribution in [2.24, 2.45) is 0 Å². The molecule has 0 radical (unpaired) electrons. The van der Waals surface area contributed by atoms with Gasteiger partial charge in [0.1, 0.15) is 0 Å². The smallest absolute Gasteiger partial charge is 0.0426 e. The Bertz CT molecular complexity index is 314. The SMILES string of the molecule is Clc1ccc2c(c1)NC(CBr)CC2. The lowest BCUT2D eigenvalue weighted by atomic mass is 9.99. The van der Waals surface area contributed by atoms with Crippen molar-refractivity contribution in [2.75, 3.05) is 10.6 Å². The summed E-state index contributed by atoms with van der Waals surface area (Å²) in [5.74, 6) is 0.